The zero-order valence-corrected chi connectivity index (χ0v) is 11.5. The van der Waals surface area contributed by atoms with E-state index in [0.29, 0.717) is 18.4 Å². The van der Waals surface area contributed by atoms with E-state index in [-0.39, 0.29) is 5.91 Å². The molecule has 4 N–H and O–H groups in total. The number of allylic oxidation sites excluding steroid dienone is 2. The largest absolute Gasteiger partial charge is 0.370 e. The molecule has 20 heavy (non-hydrogen) atoms. The van der Waals surface area contributed by atoms with Gasteiger partial charge in [0, 0.05) is 12.0 Å². The van der Waals surface area contributed by atoms with Crippen LogP contribution < -0.4 is 11.5 Å². The average molecular weight is 272 g/mol. The molecule has 0 heterocycles. The molecule has 0 spiro atoms. The molecule has 106 valence electrons. The summed E-state index contributed by atoms with van der Waals surface area (Å²) in [7, 11) is 0. The van der Waals surface area contributed by atoms with Crippen molar-refractivity contribution in [1.82, 2.24) is 0 Å². The molecule has 1 aliphatic carbocycles. The van der Waals surface area contributed by atoms with Crippen LogP contribution in [-0.2, 0) is 11.2 Å². The van der Waals surface area contributed by atoms with Crippen molar-refractivity contribution >= 4 is 17.4 Å². The smallest absolute Gasteiger partial charge is 0.249 e. The Kier molecular flexibility index (Phi) is 4.56. The molecule has 1 aromatic rings. The van der Waals surface area contributed by atoms with Crippen molar-refractivity contribution < 1.29 is 9.59 Å². The van der Waals surface area contributed by atoms with Gasteiger partial charge < -0.3 is 11.5 Å². The minimum absolute atomic E-state index is 0.314. The van der Waals surface area contributed by atoms with Crippen molar-refractivity contribution in [2.24, 2.45) is 11.5 Å². The van der Waals surface area contributed by atoms with Crippen molar-refractivity contribution in [3.05, 3.63) is 41.0 Å². The second-order valence-electron chi connectivity index (χ2n) is 5.19. The van der Waals surface area contributed by atoms with E-state index >= 15 is 0 Å². The standard InChI is InChI=1S/C16H20N2O2/c17-15(19)9-7-11-6-8-13(16(18)20)14(10-11)12-4-2-1-3-5-12/h4,6,8,10H,1-3,5,7,9H2,(H2,17,19)(H2,18,20). The molecule has 0 fully saturated rings. The molecule has 0 aromatic heterocycles. The molecule has 4 heteroatoms. The van der Waals surface area contributed by atoms with E-state index in [4.69, 9.17) is 11.5 Å². The predicted molar refractivity (Wildman–Crippen MR) is 78.9 cm³/mol. The van der Waals surface area contributed by atoms with Gasteiger partial charge in [-0.3, -0.25) is 9.59 Å². The molecule has 4 nitrogen and oxygen atoms in total. The van der Waals surface area contributed by atoms with Crippen molar-refractivity contribution in [1.29, 1.82) is 0 Å². The number of aryl methyl sites for hydroxylation is 1. The molecule has 0 saturated heterocycles. The summed E-state index contributed by atoms with van der Waals surface area (Å²) < 4.78 is 0. The third-order valence-corrected chi connectivity index (χ3v) is 3.65. The zero-order chi connectivity index (χ0) is 14.5. The van der Waals surface area contributed by atoms with Crippen molar-refractivity contribution in [3.8, 4) is 0 Å². The summed E-state index contributed by atoms with van der Waals surface area (Å²) in [5, 5.41) is 0. The van der Waals surface area contributed by atoms with Crippen molar-refractivity contribution in [3.63, 3.8) is 0 Å². The molecular weight excluding hydrogens is 252 g/mol. The average Bonchev–Trinajstić information content (AvgIpc) is 2.45. The molecule has 0 bridgehead atoms. The summed E-state index contributed by atoms with van der Waals surface area (Å²) >= 11 is 0. The van der Waals surface area contributed by atoms with Crippen LogP contribution in [0.4, 0.5) is 0 Å². The lowest BCUT2D eigenvalue weighted by Gasteiger charge is -2.16. The minimum atomic E-state index is -0.409. The van der Waals surface area contributed by atoms with Gasteiger partial charge >= 0.3 is 0 Å². The second kappa shape index (κ2) is 6.37. The third-order valence-electron chi connectivity index (χ3n) is 3.65. The quantitative estimate of drug-likeness (QED) is 0.860. The summed E-state index contributed by atoms with van der Waals surface area (Å²) in [6.07, 6.45) is 7.43. The van der Waals surface area contributed by atoms with Crippen molar-refractivity contribution in [2.45, 2.75) is 38.5 Å². The number of hydrogen-bond donors (Lipinski definition) is 2. The van der Waals surface area contributed by atoms with Gasteiger partial charge in [-0.25, -0.2) is 0 Å². The first-order valence-electron chi connectivity index (χ1n) is 6.98. The number of hydrogen-bond acceptors (Lipinski definition) is 2. The molecule has 0 radical (unpaired) electrons. The number of primary amides is 2. The Morgan fingerprint density at radius 2 is 1.95 bits per heavy atom. The highest BCUT2D eigenvalue weighted by molar-refractivity contribution is 5.98. The van der Waals surface area contributed by atoms with E-state index in [0.717, 1.165) is 30.4 Å². The Morgan fingerprint density at radius 1 is 1.15 bits per heavy atom. The molecule has 0 atom stereocenters. The SMILES string of the molecule is NC(=O)CCc1ccc(C(N)=O)c(C2=CCCCC2)c1. The van der Waals surface area contributed by atoms with E-state index in [2.05, 4.69) is 6.08 Å². The Morgan fingerprint density at radius 3 is 2.55 bits per heavy atom. The number of amides is 2. The van der Waals surface area contributed by atoms with Crippen LogP contribution in [0.1, 0.15) is 53.6 Å². The number of carbonyl (C=O) groups excluding carboxylic acids is 2. The van der Waals surface area contributed by atoms with Gasteiger partial charge in [-0.15, -0.1) is 0 Å². The maximum Gasteiger partial charge on any atom is 0.249 e. The van der Waals surface area contributed by atoms with Crippen LogP contribution in [0.5, 0.6) is 0 Å². The molecule has 1 aromatic carbocycles. The van der Waals surface area contributed by atoms with Crippen LogP contribution in [0.2, 0.25) is 0 Å². The van der Waals surface area contributed by atoms with Crippen LogP contribution >= 0.6 is 0 Å². The Balaban J connectivity index is 2.34. The van der Waals surface area contributed by atoms with Crippen LogP contribution in [0.25, 0.3) is 5.57 Å². The lowest BCUT2D eigenvalue weighted by atomic mass is 9.89. The van der Waals surface area contributed by atoms with E-state index in [1.165, 1.54) is 12.0 Å². The Hall–Kier alpha value is -2.10. The van der Waals surface area contributed by atoms with Gasteiger partial charge in [0.25, 0.3) is 0 Å². The minimum Gasteiger partial charge on any atom is -0.370 e. The molecule has 0 aliphatic heterocycles. The van der Waals surface area contributed by atoms with Crippen molar-refractivity contribution in [2.75, 3.05) is 0 Å². The number of carbonyl (C=O) groups is 2. The lowest BCUT2D eigenvalue weighted by molar-refractivity contribution is -0.117. The van der Waals surface area contributed by atoms with Gasteiger partial charge in [-0.1, -0.05) is 18.2 Å². The molecule has 2 rings (SSSR count). The fraction of sp³-hybridized carbons (Fsp3) is 0.375. The summed E-state index contributed by atoms with van der Waals surface area (Å²) in [4.78, 5) is 22.4. The Labute approximate surface area is 118 Å². The summed E-state index contributed by atoms with van der Waals surface area (Å²) in [5.41, 5.74) is 14.3. The summed E-state index contributed by atoms with van der Waals surface area (Å²) in [6, 6.07) is 5.57. The molecule has 0 unspecified atom stereocenters. The maximum atomic E-state index is 11.6. The normalized spacial score (nSPS) is 14.7. The third kappa shape index (κ3) is 3.47. The lowest BCUT2D eigenvalue weighted by Crippen LogP contribution is -2.15. The topological polar surface area (TPSA) is 86.2 Å². The molecular formula is C16H20N2O2. The van der Waals surface area contributed by atoms with Gasteiger partial charge in [-0.05, 0) is 54.9 Å². The number of nitrogens with two attached hydrogens (primary N) is 2. The van der Waals surface area contributed by atoms with E-state index < -0.39 is 5.91 Å². The van der Waals surface area contributed by atoms with Gasteiger partial charge in [0.05, 0.1) is 0 Å². The number of benzene rings is 1. The summed E-state index contributed by atoms with van der Waals surface area (Å²) in [5.74, 6) is -0.727. The van der Waals surface area contributed by atoms with Crippen LogP contribution in [0.3, 0.4) is 0 Å². The molecule has 2 amide bonds. The number of rotatable bonds is 5. The first-order chi connectivity index (χ1) is 9.58. The van der Waals surface area contributed by atoms with Crippen LogP contribution in [0, 0.1) is 0 Å². The van der Waals surface area contributed by atoms with Gasteiger partial charge in [0.2, 0.25) is 11.8 Å². The molecule has 1 aliphatic rings. The van der Waals surface area contributed by atoms with Gasteiger partial charge in [0.15, 0.2) is 0 Å². The first-order valence-corrected chi connectivity index (χ1v) is 6.98. The van der Waals surface area contributed by atoms with E-state index in [1.54, 1.807) is 6.07 Å². The zero-order valence-electron chi connectivity index (χ0n) is 11.5. The highest BCUT2D eigenvalue weighted by Crippen LogP contribution is 2.30. The predicted octanol–water partition coefficient (Wildman–Crippen LogP) is 2.16. The monoisotopic (exact) mass is 272 g/mol. The molecule has 0 saturated carbocycles. The van der Waals surface area contributed by atoms with Gasteiger partial charge in [0.1, 0.15) is 0 Å². The van der Waals surface area contributed by atoms with Crippen LogP contribution in [0.15, 0.2) is 24.3 Å². The highest BCUT2D eigenvalue weighted by Gasteiger charge is 2.14. The highest BCUT2D eigenvalue weighted by atomic mass is 16.1. The second-order valence-corrected chi connectivity index (χ2v) is 5.19. The fourth-order valence-corrected chi connectivity index (χ4v) is 2.58. The maximum absolute atomic E-state index is 11.6. The fourth-order valence-electron chi connectivity index (χ4n) is 2.58. The van der Waals surface area contributed by atoms with E-state index in [9.17, 15) is 9.59 Å². The first kappa shape index (κ1) is 14.3. The van der Waals surface area contributed by atoms with E-state index in [1.807, 2.05) is 12.1 Å². The van der Waals surface area contributed by atoms with Crippen LogP contribution in [-0.4, -0.2) is 11.8 Å². The summed E-state index contributed by atoms with van der Waals surface area (Å²) in [6.45, 7) is 0. The Bertz CT molecular complexity index is 562. The van der Waals surface area contributed by atoms with Gasteiger partial charge in [-0.2, -0.15) is 0 Å².